The van der Waals surface area contributed by atoms with Gasteiger partial charge >= 0.3 is 0 Å². The van der Waals surface area contributed by atoms with Crippen LogP contribution in [0.5, 0.6) is 0 Å². The molecule has 0 aromatic carbocycles. The first-order valence-electron chi connectivity index (χ1n) is 7.25. The molecule has 17 heavy (non-hydrogen) atoms. The molecule has 0 aliphatic carbocycles. The van der Waals surface area contributed by atoms with Gasteiger partial charge in [0.05, 0.1) is 0 Å². The van der Waals surface area contributed by atoms with E-state index in [1.54, 1.807) is 0 Å². The lowest BCUT2D eigenvalue weighted by Gasteiger charge is -2.40. The summed E-state index contributed by atoms with van der Waals surface area (Å²) in [6.07, 6.45) is 5.43. The SMILES string of the molecule is CCC1(CN2CCC(N(C)C)C2)CCNCC1. The van der Waals surface area contributed by atoms with E-state index in [1.165, 1.54) is 58.4 Å². The fourth-order valence-corrected chi connectivity index (χ4v) is 3.43. The van der Waals surface area contributed by atoms with Gasteiger partial charge < -0.3 is 15.1 Å². The lowest BCUT2D eigenvalue weighted by molar-refractivity contribution is 0.117. The van der Waals surface area contributed by atoms with E-state index in [-0.39, 0.29) is 0 Å². The first-order valence-corrected chi connectivity index (χ1v) is 7.25. The van der Waals surface area contributed by atoms with Gasteiger partial charge in [0.2, 0.25) is 0 Å². The lowest BCUT2D eigenvalue weighted by Crippen LogP contribution is -2.44. The molecule has 2 heterocycles. The first kappa shape index (κ1) is 13.3. The molecule has 2 fully saturated rings. The van der Waals surface area contributed by atoms with Gasteiger partial charge in [0.15, 0.2) is 0 Å². The number of piperidine rings is 1. The monoisotopic (exact) mass is 239 g/mol. The number of rotatable bonds is 4. The van der Waals surface area contributed by atoms with Gasteiger partial charge in [-0.25, -0.2) is 0 Å². The second kappa shape index (κ2) is 5.68. The van der Waals surface area contributed by atoms with Gasteiger partial charge in [-0.3, -0.25) is 0 Å². The summed E-state index contributed by atoms with van der Waals surface area (Å²) in [5, 5.41) is 3.50. The summed E-state index contributed by atoms with van der Waals surface area (Å²) in [7, 11) is 4.43. The van der Waals surface area contributed by atoms with Crippen LogP contribution in [0.1, 0.15) is 32.6 Å². The minimum Gasteiger partial charge on any atom is -0.317 e. The third kappa shape index (κ3) is 3.21. The third-order valence-corrected chi connectivity index (χ3v) is 4.95. The van der Waals surface area contributed by atoms with Crippen LogP contribution in [-0.4, -0.2) is 62.7 Å². The average Bonchev–Trinajstić information content (AvgIpc) is 2.79. The van der Waals surface area contributed by atoms with Crippen molar-refractivity contribution in [2.24, 2.45) is 5.41 Å². The largest absolute Gasteiger partial charge is 0.317 e. The molecule has 0 bridgehead atoms. The van der Waals surface area contributed by atoms with Crippen LogP contribution in [0.15, 0.2) is 0 Å². The maximum Gasteiger partial charge on any atom is 0.0229 e. The van der Waals surface area contributed by atoms with E-state index in [4.69, 9.17) is 0 Å². The molecular formula is C14H29N3. The Labute approximate surface area is 107 Å². The van der Waals surface area contributed by atoms with Gasteiger partial charge in [0.1, 0.15) is 0 Å². The quantitative estimate of drug-likeness (QED) is 0.800. The second-order valence-electron chi connectivity index (χ2n) is 6.24. The van der Waals surface area contributed by atoms with E-state index < -0.39 is 0 Å². The van der Waals surface area contributed by atoms with Crippen molar-refractivity contribution in [2.75, 3.05) is 46.8 Å². The molecule has 0 aromatic heterocycles. The van der Waals surface area contributed by atoms with E-state index in [0.717, 1.165) is 6.04 Å². The van der Waals surface area contributed by atoms with Crippen LogP contribution in [0.25, 0.3) is 0 Å². The molecule has 0 spiro atoms. The molecule has 2 rings (SSSR count). The molecule has 1 atom stereocenters. The van der Waals surface area contributed by atoms with Crippen molar-refractivity contribution >= 4 is 0 Å². The van der Waals surface area contributed by atoms with E-state index in [2.05, 4.69) is 36.1 Å². The molecule has 1 unspecified atom stereocenters. The van der Waals surface area contributed by atoms with Crippen LogP contribution in [-0.2, 0) is 0 Å². The van der Waals surface area contributed by atoms with E-state index in [9.17, 15) is 0 Å². The summed E-state index contributed by atoms with van der Waals surface area (Å²) in [5.74, 6) is 0. The Morgan fingerprint density at radius 1 is 1.29 bits per heavy atom. The van der Waals surface area contributed by atoms with Crippen LogP contribution in [0, 0.1) is 5.41 Å². The van der Waals surface area contributed by atoms with Gasteiger partial charge in [0, 0.05) is 19.1 Å². The van der Waals surface area contributed by atoms with Crippen molar-refractivity contribution in [1.29, 1.82) is 0 Å². The number of likely N-dealkylation sites (N-methyl/N-ethyl adjacent to an activating group) is 1. The predicted molar refractivity (Wildman–Crippen MR) is 73.4 cm³/mol. The molecule has 100 valence electrons. The van der Waals surface area contributed by atoms with Crippen molar-refractivity contribution < 1.29 is 0 Å². The van der Waals surface area contributed by atoms with Crippen LogP contribution in [0.2, 0.25) is 0 Å². The molecule has 0 saturated carbocycles. The molecule has 1 N–H and O–H groups in total. The Hall–Kier alpha value is -0.120. The number of nitrogens with one attached hydrogen (secondary N) is 1. The van der Waals surface area contributed by atoms with Crippen molar-refractivity contribution in [2.45, 2.75) is 38.6 Å². The molecular weight excluding hydrogens is 210 g/mol. The number of nitrogens with zero attached hydrogens (tertiary/aromatic N) is 2. The summed E-state index contributed by atoms with van der Waals surface area (Å²) in [6.45, 7) is 8.73. The van der Waals surface area contributed by atoms with E-state index >= 15 is 0 Å². The fourth-order valence-electron chi connectivity index (χ4n) is 3.43. The second-order valence-corrected chi connectivity index (χ2v) is 6.24. The number of hydrogen-bond acceptors (Lipinski definition) is 3. The molecule has 2 saturated heterocycles. The predicted octanol–water partition coefficient (Wildman–Crippen LogP) is 1.40. The topological polar surface area (TPSA) is 18.5 Å². The average molecular weight is 239 g/mol. The smallest absolute Gasteiger partial charge is 0.0229 e. The molecule has 2 aliphatic heterocycles. The van der Waals surface area contributed by atoms with Gasteiger partial charge in [-0.15, -0.1) is 0 Å². The Kier molecular flexibility index (Phi) is 4.45. The Balaban J connectivity index is 1.87. The van der Waals surface area contributed by atoms with E-state index in [0.29, 0.717) is 5.41 Å². The minimum absolute atomic E-state index is 0.604. The molecule has 2 aliphatic rings. The van der Waals surface area contributed by atoms with E-state index in [1.807, 2.05) is 0 Å². The summed E-state index contributed by atoms with van der Waals surface area (Å²) in [6, 6.07) is 0.783. The van der Waals surface area contributed by atoms with Crippen LogP contribution >= 0.6 is 0 Å². The van der Waals surface area contributed by atoms with Crippen LogP contribution in [0.3, 0.4) is 0 Å². The Morgan fingerprint density at radius 3 is 2.53 bits per heavy atom. The zero-order valence-electron chi connectivity index (χ0n) is 11.8. The van der Waals surface area contributed by atoms with Crippen LogP contribution in [0.4, 0.5) is 0 Å². The van der Waals surface area contributed by atoms with Crippen molar-refractivity contribution in [1.82, 2.24) is 15.1 Å². The zero-order valence-corrected chi connectivity index (χ0v) is 11.8. The summed E-state index contributed by atoms with van der Waals surface area (Å²) in [4.78, 5) is 5.10. The summed E-state index contributed by atoms with van der Waals surface area (Å²) in [5.41, 5.74) is 0.604. The summed E-state index contributed by atoms with van der Waals surface area (Å²) >= 11 is 0. The Bertz CT molecular complexity index is 234. The van der Waals surface area contributed by atoms with Gasteiger partial charge in [0.25, 0.3) is 0 Å². The Morgan fingerprint density at radius 2 is 2.00 bits per heavy atom. The third-order valence-electron chi connectivity index (χ3n) is 4.95. The molecule has 0 aromatic rings. The highest BCUT2D eigenvalue weighted by atomic mass is 15.2. The highest BCUT2D eigenvalue weighted by Crippen LogP contribution is 2.34. The van der Waals surface area contributed by atoms with Crippen molar-refractivity contribution in [3.63, 3.8) is 0 Å². The zero-order chi connectivity index (χ0) is 12.3. The molecule has 0 radical (unpaired) electrons. The molecule has 0 amide bonds. The molecule has 3 nitrogen and oxygen atoms in total. The molecule has 3 heteroatoms. The number of hydrogen-bond donors (Lipinski definition) is 1. The maximum atomic E-state index is 3.50. The lowest BCUT2D eigenvalue weighted by atomic mass is 9.76. The first-order chi connectivity index (χ1) is 8.15. The fraction of sp³-hybridized carbons (Fsp3) is 1.00. The van der Waals surface area contributed by atoms with Crippen LogP contribution < -0.4 is 5.32 Å². The van der Waals surface area contributed by atoms with Crippen molar-refractivity contribution in [3.05, 3.63) is 0 Å². The normalized spacial score (nSPS) is 30.0. The van der Waals surface area contributed by atoms with Gasteiger partial charge in [-0.05, 0) is 64.8 Å². The van der Waals surface area contributed by atoms with Crippen molar-refractivity contribution in [3.8, 4) is 0 Å². The maximum absolute atomic E-state index is 3.50. The summed E-state index contributed by atoms with van der Waals surface area (Å²) < 4.78 is 0. The van der Waals surface area contributed by atoms with Gasteiger partial charge in [-0.2, -0.15) is 0 Å². The minimum atomic E-state index is 0.604. The highest BCUT2D eigenvalue weighted by molar-refractivity contribution is 4.90. The van der Waals surface area contributed by atoms with Gasteiger partial charge in [-0.1, -0.05) is 6.92 Å². The highest BCUT2D eigenvalue weighted by Gasteiger charge is 2.34. The standard InChI is InChI=1S/C14H29N3/c1-4-14(6-8-15-9-7-14)12-17-10-5-13(11-17)16(2)3/h13,15H,4-12H2,1-3H3. The number of likely N-dealkylation sites (tertiary alicyclic amines) is 1.